The van der Waals surface area contributed by atoms with Gasteiger partial charge in [0, 0.05) is 26.4 Å². The van der Waals surface area contributed by atoms with E-state index in [9.17, 15) is 8.42 Å². The van der Waals surface area contributed by atoms with E-state index in [1.165, 1.54) is 22.6 Å². The highest BCUT2D eigenvalue weighted by Crippen LogP contribution is 2.26. The first-order valence-electron chi connectivity index (χ1n) is 6.56. The van der Waals surface area contributed by atoms with Gasteiger partial charge < -0.3 is 5.32 Å². The quantitative estimate of drug-likeness (QED) is 0.943. The van der Waals surface area contributed by atoms with Gasteiger partial charge in [-0.25, -0.2) is 13.4 Å². The van der Waals surface area contributed by atoms with Crippen molar-refractivity contribution in [1.29, 1.82) is 0 Å². The van der Waals surface area contributed by atoms with Gasteiger partial charge in [0.1, 0.15) is 5.82 Å². The zero-order valence-corrected chi connectivity index (χ0v) is 13.4. The van der Waals surface area contributed by atoms with Crippen LogP contribution in [-0.2, 0) is 10.0 Å². The maximum atomic E-state index is 12.7. The molecule has 21 heavy (non-hydrogen) atoms. The Labute approximate surface area is 125 Å². The molecule has 0 saturated heterocycles. The van der Waals surface area contributed by atoms with Gasteiger partial charge in [-0.2, -0.15) is 0 Å². The largest absolute Gasteiger partial charge is 0.373 e. The maximum absolute atomic E-state index is 12.7. The van der Waals surface area contributed by atoms with Crippen molar-refractivity contribution in [2.45, 2.75) is 18.7 Å². The van der Waals surface area contributed by atoms with Crippen molar-refractivity contribution >= 4 is 21.5 Å². The fourth-order valence-corrected chi connectivity index (χ4v) is 3.43. The monoisotopic (exact) mass is 305 g/mol. The van der Waals surface area contributed by atoms with E-state index in [1.807, 2.05) is 32.0 Å². The second kappa shape index (κ2) is 5.73. The van der Waals surface area contributed by atoms with Gasteiger partial charge >= 0.3 is 0 Å². The molecule has 0 atom stereocenters. The molecule has 2 aromatic rings. The van der Waals surface area contributed by atoms with Crippen LogP contribution in [0.4, 0.5) is 11.5 Å². The topological polar surface area (TPSA) is 62.3 Å². The Kier molecular flexibility index (Phi) is 4.18. The third-order valence-electron chi connectivity index (χ3n) is 3.34. The number of nitrogens with one attached hydrogen (secondary N) is 1. The molecule has 5 nitrogen and oxygen atoms in total. The molecule has 1 heterocycles. The molecule has 1 aromatic carbocycles. The number of benzene rings is 1. The van der Waals surface area contributed by atoms with Crippen LogP contribution in [0, 0.1) is 13.8 Å². The second-order valence-electron chi connectivity index (χ2n) is 4.89. The second-order valence-corrected chi connectivity index (χ2v) is 6.86. The lowest BCUT2D eigenvalue weighted by Crippen LogP contribution is -2.27. The van der Waals surface area contributed by atoms with E-state index in [2.05, 4.69) is 10.3 Å². The van der Waals surface area contributed by atoms with Crippen molar-refractivity contribution < 1.29 is 8.42 Å². The maximum Gasteiger partial charge on any atom is 0.264 e. The number of rotatable bonds is 4. The molecule has 0 radical (unpaired) electrons. The van der Waals surface area contributed by atoms with Crippen molar-refractivity contribution in [3.63, 3.8) is 0 Å². The summed E-state index contributed by atoms with van der Waals surface area (Å²) < 4.78 is 26.7. The van der Waals surface area contributed by atoms with Crippen molar-refractivity contribution in [3.05, 3.63) is 47.7 Å². The Hall–Kier alpha value is -2.08. The molecule has 0 spiro atoms. The normalized spacial score (nSPS) is 11.2. The van der Waals surface area contributed by atoms with Crippen LogP contribution in [0.25, 0.3) is 0 Å². The minimum atomic E-state index is -3.61. The lowest BCUT2D eigenvalue weighted by atomic mass is 10.1. The molecule has 0 unspecified atom stereocenters. The summed E-state index contributed by atoms with van der Waals surface area (Å²) in [5.74, 6) is 0.519. The lowest BCUT2D eigenvalue weighted by molar-refractivity contribution is 0.594. The fourth-order valence-electron chi connectivity index (χ4n) is 2.15. The van der Waals surface area contributed by atoms with Crippen molar-refractivity contribution in [2.75, 3.05) is 23.7 Å². The number of sulfonamides is 1. The lowest BCUT2D eigenvalue weighted by Gasteiger charge is -2.22. The highest BCUT2D eigenvalue weighted by Gasteiger charge is 2.22. The predicted octanol–water partition coefficient (Wildman–Crippen LogP) is 2.57. The van der Waals surface area contributed by atoms with Crippen molar-refractivity contribution in [1.82, 2.24) is 4.98 Å². The highest BCUT2D eigenvalue weighted by atomic mass is 32.2. The molecule has 0 bridgehead atoms. The van der Waals surface area contributed by atoms with Gasteiger partial charge in [-0.05, 0) is 31.5 Å². The Morgan fingerprint density at radius 2 is 1.86 bits per heavy atom. The molecule has 0 saturated carbocycles. The minimum Gasteiger partial charge on any atom is -0.373 e. The van der Waals surface area contributed by atoms with E-state index in [-0.39, 0.29) is 4.90 Å². The molecule has 0 aliphatic rings. The Bertz CT molecular complexity index is 757. The molecule has 0 amide bonds. The van der Waals surface area contributed by atoms with E-state index in [1.54, 1.807) is 14.1 Å². The van der Waals surface area contributed by atoms with Gasteiger partial charge in [0.05, 0.1) is 10.6 Å². The fraction of sp³-hybridized carbons (Fsp3) is 0.267. The summed E-state index contributed by atoms with van der Waals surface area (Å²) >= 11 is 0. The molecular formula is C15H19N3O2S. The molecule has 0 aliphatic heterocycles. The zero-order valence-electron chi connectivity index (χ0n) is 12.6. The third-order valence-corrected chi connectivity index (χ3v) is 5.10. The number of hydrogen-bond donors (Lipinski definition) is 1. The molecule has 0 aliphatic carbocycles. The summed E-state index contributed by atoms with van der Waals surface area (Å²) in [5, 5.41) is 2.84. The van der Waals surface area contributed by atoms with Gasteiger partial charge in [0.25, 0.3) is 10.0 Å². The van der Waals surface area contributed by atoms with Crippen LogP contribution in [0.1, 0.15) is 11.1 Å². The van der Waals surface area contributed by atoms with Crippen LogP contribution in [0.2, 0.25) is 0 Å². The van der Waals surface area contributed by atoms with Gasteiger partial charge in [-0.15, -0.1) is 0 Å². The Morgan fingerprint density at radius 3 is 2.48 bits per heavy atom. The van der Waals surface area contributed by atoms with Crippen LogP contribution >= 0.6 is 0 Å². The van der Waals surface area contributed by atoms with Crippen LogP contribution in [0.5, 0.6) is 0 Å². The van der Waals surface area contributed by atoms with Gasteiger partial charge in [0.15, 0.2) is 0 Å². The first kappa shape index (κ1) is 15.3. The number of pyridine rings is 1. The van der Waals surface area contributed by atoms with E-state index in [0.29, 0.717) is 11.5 Å². The van der Waals surface area contributed by atoms with Crippen LogP contribution < -0.4 is 9.62 Å². The van der Waals surface area contributed by atoms with E-state index in [0.717, 1.165) is 11.1 Å². The first-order valence-corrected chi connectivity index (χ1v) is 8.00. The predicted molar refractivity (Wildman–Crippen MR) is 85.3 cm³/mol. The Morgan fingerprint density at radius 1 is 1.14 bits per heavy atom. The van der Waals surface area contributed by atoms with Crippen LogP contribution in [0.15, 0.2) is 41.4 Å². The van der Waals surface area contributed by atoms with Crippen molar-refractivity contribution in [2.24, 2.45) is 0 Å². The van der Waals surface area contributed by atoms with Crippen LogP contribution in [0.3, 0.4) is 0 Å². The summed E-state index contributed by atoms with van der Waals surface area (Å²) in [7, 11) is -0.344. The molecular weight excluding hydrogens is 286 g/mol. The molecule has 1 N–H and O–H groups in total. The summed E-state index contributed by atoms with van der Waals surface area (Å²) in [5.41, 5.74) is 2.69. The SMILES string of the molecule is CNc1cc(S(=O)(=O)N(C)c2ccc(C)cc2C)ccn1. The van der Waals surface area contributed by atoms with E-state index >= 15 is 0 Å². The average molecular weight is 305 g/mol. The number of anilines is 2. The Balaban J connectivity index is 2.47. The van der Waals surface area contributed by atoms with E-state index < -0.39 is 10.0 Å². The standard InChI is InChI=1S/C15H19N3O2S/c1-11-5-6-14(12(2)9-11)18(4)21(19,20)13-7-8-17-15(10-13)16-3/h5-10H,1-4H3,(H,16,17). The summed E-state index contributed by atoms with van der Waals surface area (Å²) in [6.45, 7) is 3.88. The molecule has 2 rings (SSSR count). The van der Waals surface area contributed by atoms with Crippen molar-refractivity contribution in [3.8, 4) is 0 Å². The van der Waals surface area contributed by atoms with Crippen LogP contribution in [-0.4, -0.2) is 27.5 Å². The zero-order chi connectivity index (χ0) is 15.6. The smallest absolute Gasteiger partial charge is 0.264 e. The first-order chi connectivity index (χ1) is 9.86. The van der Waals surface area contributed by atoms with Gasteiger partial charge in [-0.3, -0.25) is 4.31 Å². The van der Waals surface area contributed by atoms with E-state index in [4.69, 9.17) is 0 Å². The summed E-state index contributed by atoms with van der Waals surface area (Å²) in [6, 6.07) is 8.71. The highest BCUT2D eigenvalue weighted by molar-refractivity contribution is 7.92. The van der Waals surface area contributed by atoms with Gasteiger partial charge in [0.2, 0.25) is 0 Å². The molecule has 6 heteroatoms. The summed E-state index contributed by atoms with van der Waals surface area (Å²) in [4.78, 5) is 4.25. The number of hydrogen-bond acceptors (Lipinski definition) is 4. The molecule has 112 valence electrons. The minimum absolute atomic E-state index is 0.212. The third kappa shape index (κ3) is 3.00. The number of nitrogens with zero attached hydrogens (tertiary/aromatic N) is 2. The average Bonchev–Trinajstić information content (AvgIpc) is 2.46. The summed E-state index contributed by atoms with van der Waals surface area (Å²) in [6.07, 6.45) is 1.48. The van der Waals surface area contributed by atoms with Gasteiger partial charge in [-0.1, -0.05) is 17.7 Å². The number of aryl methyl sites for hydroxylation is 2. The number of aromatic nitrogens is 1. The molecule has 0 fully saturated rings. The molecule has 1 aromatic heterocycles.